The Morgan fingerprint density at radius 2 is 1.92 bits per heavy atom. The Labute approximate surface area is 153 Å². The van der Waals surface area contributed by atoms with Gasteiger partial charge in [-0.1, -0.05) is 29.8 Å². The van der Waals surface area contributed by atoms with Gasteiger partial charge in [0.1, 0.15) is 5.69 Å². The molecule has 5 heteroatoms. The number of esters is 1. The number of carbonyl (C=O) groups is 2. The monoisotopic (exact) mass is 352 g/mol. The summed E-state index contributed by atoms with van der Waals surface area (Å²) in [5, 5.41) is 0. The molecule has 0 saturated carbocycles. The minimum Gasteiger partial charge on any atom is -0.464 e. The van der Waals surface area contributed by atoms with Gasteiger partial charge in [0.2, 0.25) is 5.78 Å². The fourth-order valence-corrected chi connectivity index (χ4v) is 3.35. The van der Waals surface area contributed by atoms with Crippen molar-refractivity contribution in [1.82, 2.24) is 9.47 Å². The maximum atomic E-state index is 13.1. The van der Waals surface area contributed by atoms with Crippen LogP contribution in [0.2, 0.25) is 0 Å². The molecule has 1 aliphatic rings. The first-order chi connectivity index (χ1) is 12.4. The number of methoxy groups -OCH3 is 1. The van der Waals surface area contributed by atoms with Crippen LogP contribution in [0.3, 0.4) is 0 Å². The van der Waals surface area contributed by atoms with Crippen LogP contribution in [0.4, 0.5) is 0 Å². The van der Waals surface area contributed by atoms with Crippen molar-refractivity contribution in [2.24, 2.45) is 0 Å². The van der Waals surface area contributed by atoms with Gasteiger partial charge in [0.05, 0.1) is 12.8 Å². The Bertz CT molecular complexity index is 873. The number of nitrogens with zero attached hydrogens (tertiary/aromatic N) is 2. The van der Waals surface area contributed by atoms with Crippen LogP contribution in [0, 0.1) is 6.92 Å². The van der Waals surface area contributed by atoms with Crippen molar-refractivity contribution >= 4 is 11.8 Å². The number of carbonyl (C=O) groups excluding carboxylic acids is 2. The molecule has 5 nitrogen and oxygen atoms in total. The smallest absolute Gasteiger partial charge is 0.354 e. The van der Waals surface area contributed by atoms with Crippen molar-refractivity contribution in [1.29, 1.82) is 0 Å². The summed E-state index contributed by atoms with van der Waals surface area (Å²) in [5.41, 5.74) is 4.92. The highest BCUT2D eigenvalue weighted by Crippen LogP contribution is 2.29. The van der Waals surface area contributed by atoms with E-state index in [0.717, 1.165) is 23.1 Å². The van der Waals surface area contributed by atoms with E-state index >= 15 is 0 Å². The molecule has 1 aromatic carbocycles. The van der Waals surface area contributed by atoms with Gasteiger partial charge < -0.3 is 14.2 Å². The van der Waals surface area contributed by atoms with Gasteiger partial charge in [0.25, 0.3) is 0 Å². The Kier molecular flexibility index (Phi) is 4.98. The molecule has 0 aliphatic heterocycles. The first-order valence-corrected chi connectivity index (χ1v) is 8.68. The number of hydrogen-bond donors (Lipinski definition) is 0. The highest BCUT2D eigenvalue weighted by Gasteiger charge is 2.30. The zero-order chi connectivity index (χ0) is 18.8. The molecule has 1 aromatic heterocycles. The van der Waals surface area contributed by atoms with E-state index in [4.69, 9.17) is 4.74 Å². The molecule has 0 spiro atoms. The average molecular weight is 352 g/mol. The maximum absolute atomic E-state index is 13.1. The quantitative estimate of drug-likeness (QED) is 0.626. The van der Waals surface area contributed by atoms with Gasteiger partial charge in [-0.05, 0) is 37.0 Å². The van der Waals surface area contributed by atoms with E-state index < -0.39 is 5.97 Å². The SMILES string of the molecule is COC(=O)c1cc2c(n1Cc1ccc(C)cc1)C(=O)/C(=C/N(C)C)CC2. The Morgan fingerprint density at radius 3 is 2.54 bits per heavy atom. The van der Waals surface area contributed by atoms with Crippen molar-refractivity contribution in [3.05, 3.63) is 70.2 Å². The number of benzene rings is 1. The highest BCUT2D eigenvalue weighted by atomic mass is 16.5. The van der Waals surface area contributed by atoms with Gasteiger partial charge >= 0.3 is 5.97 Å². The molecule has 0 unspecified atom stereocenters. The molecule has 0 fully saturated rings. The van der Waals surface area contributed by atoms with Crippen LogP contribution in [-0.2, 0) is 17.7 Å². The predicted molar refractivity (Wildman–Crippen MR) is 100 cm³/mol. The van der Waals surface area contributed by atoms with Crippen LogP contribution in [0.5, 0.6) is 0 Å². The number of allylic oxidation sites excluding steroid dienone is 1. The molecule has 0 atom stereocenters. The zero-order valence-corrected chi connectivity index (χ0v) is 15.7. The number of ketones is 1. The van der Waals surface area contributed by atoms with Gasteiger partial charge in [0.15, 0.2) is 0 Å². The Morgan fingerprint density at radius 1 is 1.23 bits per heavy atom. The number of fused-ring (bicyclic) bond motifs is 1. The molecular weight excluding hydrogens is 328 g/mol. The van der Waals surface area contributed by atoms with Crippen molar-refractivity contribution in [3.8, 4) is 0 Å². The summed E-state index contributed by atoms with van der Waals surface area (Å²) in [6.07, 6.45) is 3.29. The molecule has 0 amide bonds. The summed E-state index contributed by atoms with van der Waals surface area (Å²) in [6, 6.07) is 9.91. The molecule has 0 bridgehead atoms. The van der Waals surface area contributed by atoms with Crippen LogP contribution in [-0.4, -0.2) is 42.4 Å². The van der Waals surface area contributed by atoms with Crippen LogP contribution in [0.15, 0.2) is 42.1 Å². The van der Waals surface area contributed by atoms with Gasteiger partial charge in [-0.3, -0.25) is 4.79 Å². The van der Waals surface area contributed by atoms with Crippen molar-refractivity contribution in [2.45, 2.75) is 26.3 Å². The van der Waals surface area contributed by atoms with Crippen LogP contribution >= 0.6 is 0 Å². The number of ether oxygens (including phenoxy) is 1. The molecule has 0 radical (unpaired) electrons. The van der Waals surface area contributed by atoms with E-state index in [2.05, 4.69) is 0 Å². The van der Waals surface area contributed by atoms with E-state index in [0.29, 0.717) is 24.4 Å². The lowest BCUT2D eigenvalue weighted by molar-refractivity contribution is 0.0589. The second-order valence-corrected chi connectivity index (χ2v) is 6.91. The topological polar surface area (TPSA) is 51.5 Å². The summed E-state index contributed by atoms with van der Waals surface area (Å²) >= 11 is 0. The molecular formula is C21H24N2O3. The zero-order valence-electron chi connectivity index (χ0n) is 15.7. The predicted octanol–water partition coefficient (Wildman–Crippen LogP) is 3.21. The molecule has 1 heterocycles. The third kappa shape index (κ3) is 3.43. The van der Waals surface area contributed by atoms with Crippen LogP contribution in [0.1, 0.15) is 44.1 Å². The molecule has 0 N–H and O–H groups in total. The summed E-state index contributed by atoms with van der Waals surface area (Å²) in [6.45, 7) is 2.49. The third-order valence-corrected chi connectivity index (χ3v) is 4.62. The molecule has 2 aromatic rings. The number of hydrogen-bond acceptors (Lipinski definition) is 4. The number of aryl methyl sites for hydroxylation is 2. The number of Topliss-reactive ketones (excluding diaryl/α,β-unsaturated/α-hetero) is 1. The minimum absolute atomic E-state index is 0.0118. The van der Waals surface area contributed by atoms with Gasteiger partial charge in [-0.2, -0.15) is 0 Å². The van der Waals surface area contributed by atoms with E-state index in [1.54, 1.807) is 10.6 Å². The second-order valence-electron chi connectivity index (χ2n) is 6.91. The van der Waals surface area contributed by atoms with E-state index in [-0.39, 0.29) is 5.78 Å². The van der Waals surface area contributed by atoms with Gasteiger partial charge in [-0.25, -0.2) is 4.79 Å². The highest BCUT2D eigenvalue weighted by molar-refractivity contribution is 6.10. The van der Waals surface area contributed by atoms with Gasteiger partial charge in [0, 0.05) is 32.4 Å². The van der Waals surface area contributed by atoms with E-state index in [1.165, 1.54) is 12.7 Å². The van der Waals surface area contributed by atoms with Crippen LogP contribution in [0.25, 0.3) is 0 Å². The van der Waals surface area contributed by atoms with E-state index in [1.807, 2.05) is 56.4 Å². The summed E-state index contributed by atoms with van der Waals surface area (Å²) in [4.78, 5) is 27.2. The van der Waals surface area contributed by atoms with Crippen molar-refractivity contribution in [3.63, 3.8) is 0 Å². The largest absolute Gasteiger partial charge is 0.464 e. The fraction of sp³-hybridized carbons (Fsp3) is 0.333. The molecule has 136 valence electrons. The Hall–Kier alpha value is -2.82. The minimum atomic E-state index is -0.419. The summed E-state index contributed by atoms with van der Waals surface area (Å²) in [7, 11) is 5.17. The lowest BCUT2D eigenvalue weighted by Gasteiger charge is -2.19. The fourth-order valence-electron chi connectivity index (χ4n) is 3.35. The number of rotatable bonds is 4. The first-order valence-electron chi connectivity index (χ1n) is 8.68. The van der Waals surface area contributed by atoms with E-state index in [9.17, 15) is 9.59 Å². The lowest BCUT2D eigenvalue weighted by atomic mass is 9.92. The van der Waals surface area contributed by atoms with Gasteiger partial charge in [-0.15, -0.1) is 0 Å². The molecule has 3 rings (SSSR count). The van der Waals surface area contributed by atoms with Crippen molar-refractivity contribution in [2.75, 3.05) is 21.2 Å². The maximum Gasteiger partial charge on any atom is 0.354 e. The normalized spacial score (nSPS) is 15.1. The van der Waals surface area contributed by atoms with Crippen molar-refractivity contribution < 1.29 is 14.3 Å². The molecule has 0 saturated heterocycles. The summed E-state index contributed by atoms with van der Waals surface area (Å²) < 4.78 is 6.75. The summed E-state index contributed by atoms with van der Waals surface area (Å²) in [5.74, 6) is -0.431. The number of aromatic nitrogens is 1. The Balaban J connectivity index is 2.09. The molecule has 26 heavy (non-hydrogen) atoms. The second kappa shape index (κ2) is 7.20. The molecule has 1 aliphatic carbocycles. The third-order valence-electron chi connectivity index (χ3n) is 4.62. The first kappa shape index (κ1) is 18.0. The average Bonchev–Trinajstić information content (AvgIpc) is 2.97. The lowest BCUT2D eigenvalue weighted by Crippen LogP contribution is -2.22. The standard InChI is InChI=1S/C21H24N2O3/c1-14-5-7-15(8-6-14)12-23-18(21(25)26-4)11-16-9-10-17(13-22(2)3)20(24)19(16)23/h5-8,11,13H,9-10,12H2,1-4H3/b17-13+. The van der Waals surface area contributed by atoms with Crippen LogP contribution < -0.4 is 0 Å².